The van der Waals surface area contributed by atoms with Crippen LogP contribution >= 0.6 is 0 Å². The SMILES string of the molecule is COc1ccc(C(C)C(=O)NC(C)C(=O)O)cc1. The Balaban J connectivity index is 2.70. The van der Waals surface area contributed by atoms with Gasteiger partial charge in [0.15, 0.2) is 0 Å². The summed E-state index contributed by atoms with van der Waals surface area (Å²) in [5.74, 6) is -1.05. The summed E-state index contributed by atoms with van der Waals surface area (Å²) in [7, 11) is 1.57. The quantitative estimate of drug-likeness (QED) is 0.829. The first-order valence-electron chi connectivity index (χ1n) is 5.62. The molecule has 5 nitrogen and oxygen atoms in total. The molecule has 2 unspecified atom stereocenters. The Morgan fingerprint density at radius 2 is 1.78 bits per heavy atom. The third-order valence-corrected chi connectivity index (χ3v) is 2.74. The predicted octanol–water partition coefficient (Wildman–Crippen LogP) is 1.39. The molecule has 5 heteroatoms. The van der Waals surface area contributed by atoms with Crippen molar-refractivity contribution in [2.45, 2.75) is 25.8 Å². The summed E-state index contributed by atoms with van der Waals surface area (Å²) >= 11 is 0. The first kappa shape index (κ1) is 14.0. The van der Waals surface area contributed by atoms with Gasteiger partial charge >= 0.3 is 5.97 Å². The van der Waals surface area contributed by atoms with E-state index in [4.69, 9.17) is 9.84 Å². The molecule has 18 heavy (non-hydrogen) atoms. The van der Waals surface area contributed by atoms with Crippen LogP contribution in [0.2, 0.25) is 0 Å². The summed E-state index contributed by atoms with van der Waals surface area (Å²) in [4.78, 5) is 22.5. The highest BCUT2D eigenvalue weighted by molar-refractivity contribution is 5.87. The molecule has 1 aromatic carbocycles. The number of hydrogen-bond donors (Lipinski definition) is 2. The van der Waals surface area contributed by atoms with Crippen LogP contribution in [0.5, 0.6) is 5.75 Å². The maximum atomic E-state index is 11.8. The van der Waals surface area contributed by atoms with Crippen LogP contribution in [0.15, 0.2) is 24.3 Å². The van der Waals surface area contributed by atoms with E-state index in [0.29, 0.717) is 5.75 Å². The molecule has 2 N–H and O–H groups in total. The van der Waals surface area contributed by atoms with Gasteiger partial charge in [-0.25, -0.2) is 0 Å². The number of benzene rings is 1. The van der Waals surface area contributed by atoms with Crippen LogP contribution < -0.4 is 10.1 Å². The molecule has 0 heterocycles. The highest BCUT2D eigenvalue weighted by atomic mass is 16.5. The maximum Gasteiger partial charge on any atom is 0.325 e. The third-order valence-electron chi connectivity index (χ3n) is 2.74. The van der Waals surface area contributed by atoms with Gasteiger partial charge in [0.25, 0.3) is 0 Å². The zero-order chi connectivity index (χ0) is 13.7. The second-order valence-corrected chi connectivity index (χ2v) is 4.06. The minimum absolute atomic E-state index is 0.310. The summed E-state index contributed by atoms with van der Waals surface area (Å²) in [6.07, 6.45) is 0. The lowest BCUT2D eigenvalue weighted by atomic mass is 10.00. The van der Waals surface area contributed by atoms with Crippen molar-refractivity contribution < 1.29 is 19.4 Å². The van der Waals surface area contributed by atoms with Crippen molar-refractivity contribution in [2.24, 2.45) is 0 Å². The number of aliphatic carboxylic acids is 1. The number of carboxylic acids is 1. The van der Waals surface area contributed by atoms with E-state index in [1.54, 1.807) is 38.3 Å². The molecule has 0 bridgehead atoms. The first-order valence-corrected chi connectivity index (χ1v) is 5.62. The van der Waals surface area contributed by atoms with Gasteiger partial charge in [-0.3, -0.25) is 9.59 Å². The van der Waals surface area contributed by atoms with E-state index >= 15 is 0 Å². The van der Waals surface area contributed by atoms with E-state index < -0.39 is 17.9 Å². The van der Waals surface area contributed by atoms with Crippen LogP contribution in [0.4, 0.5) is 0 Å². The van der Waals surface area contributed by atoms with E-state index in [2.05, 4.69) is 5.32 Å². The monoisotopic (exact) mass is 251 g/mol. The molecule has 0 aliphatic carbocycles. The Labute approximate surface area is 106 Å². The second-order valence-electron chi connectivity index (χ2n) is 4.06. The number of carboxylic acid groups (broad SMARTS) is 1. The van der Waals surface area contributed by atoms with Gasteiger partial charge < -0.3 is 15.2 Å². The molecule has 1 amide bonds. The Morgan fingerprint density at radius 3 is 2.22 bits per heavy atom. The minimum Gasteiger partial charge on any atom is -0.497 e. The number of carbonyl (C=O) groups excluding carboxylic acids is 1. The van der Waals surface area contributed by atoms with Crippen LogP contribution in [-0.4, -0.2) is 30.1 Å². The molecular formula is C13H17NO4. The molecule has 0 aromatic heterocycles. The molecule has 0 spiro atoms. The summed E-state index contributed by atoms with van der Waals surface area (Å²) < 4.78 is 5.03. The summed E-state index contributed by atoms with van der Waals surface area (Å²) in [6.45, 7) is 3.16. The van der Waals surface area contributed by atoms with Crippen molar-refractivity contribution in [1.82, 2.24) is 5.32 Å². The molecule has 2 atom stereocenters. The highest BCUT2D eigenvalue weighted by Crippen LogP contribution is 2.19. The molecule has 1 aromatic rings. The van der Waals surface area contributed by atoms with Crippen molar-refractivity contribution in [3.05, 3.63) is 29.8 Å². The smallest absolute Gasteiger partial charge is 0.325 e. The molecule has 1 rings (SSSR count). The van der Waals surface area contributed by atoms with E-state index in [1.807, 2.05) is 0 Å². The van der Waals surface area contributed by atoms with Crippen LogP contribution in [-0.2, 0) is 9.59 Å². The van der Waals surface area contributed by atoms with Gasteiger partial charge in [-0.2, -0.15) is 0 Å². The number of nitrogens with one attached hydrogen (secondary N) is 1. The lowest BCUT2D eigenvalue weighted by Gasteiger charge is -2.15. The molecule has 0 aliphatic heterocycles. The average Bonchev–Trinajstić information content (AvgIpc) is 2.37. The fourth-order valence-corrected chi connectivity index (χ4v) is 1.44. The molecule has 0 fully saturated rings. The Kier molecular flexibility index (Phi) is 4.71. The fraction of sp³-hybridized carbons (Fsp3) is 0.385. The lowest BCUT2D eigenvalue weighted by Crippen LogP contribution is -2.40. The van der Waals surface area contributed by atoms with E-state index in [1.165, 1.54) is 6.92 Å². The Morgan fingerprint density at radius 1 is 1.22 bits per heavy atom. The van der Waals surface area contributed by atoms with Gasteiger partial charge in [0.05, 0.1) is 13.0 Å². The predicted molar refractivity (Wildman–Crippen MR) is 66.6 cm³/mol. The maximum absolute atomic E-state index is 11.8. The number of rotatable bonds is 5. The molecular weight excluding hydrogens is 234 g/mol. The largest absolute Gasteiger partial charge is 0.497 e. The average molecular weight is 251 g/mol. The molecule has 0 radical (unpaired) electrons. The lowest BCUT2D eigenvalue weighted by molar-refractivity contribution is -0.141. The highest BCUT2D eigenvalue weighted by Gasteiger charge is 2.20. The first-order chi connectivity index (χ1) is 8.45. The van der Waals surface area contributed by atoms with Crippen molar-refractivity contribution in [3.8, 4) is 5.75 Å². The minimum atomic E-state index is -1.05. The normalized spacial score (nSPS) is 13.5. The summed E-state index contributed by atoms with van der Waals surface area (Å²) in [5.41, 5.74) is 0.811. The molecule has 0 saturated carbocycles. The van der Waals surface area contributed by atoms with Crippen LogP contribution in [0.25, 0.3) is 0 Å². The van der Waals surface area contributed by atoms with Crippen molar-refractivity contribution in [2.75, 3.05) is 7.11 Å². The van der Waals surface area contributed by atoms with Crippen molar-refractivity contribution in [3.63, 3.8) is 0 Å². The van der Waals surface area contributed by atoms with E-state index in [0.717, 1.165) is 5.56 Å². The van der Waals surface area contributed by atoms with Gasteiger partial charge in [-0.15, -0.1) is 0 Å². The topological polar surface area (TPSA) is 75.6 Å². The number of methoxy groups -OCH3 is 1. The van der Waals surface area contributed by atoms with Gasteiger partial charge in [-0.1, -0.05) is 12.1 Å². The summed E-state index contributed by atoms with van der Waals surface area (Å²) in [6, 6.07) is 6.21. The second kappa shape index (κ2) is 6.05. The zero-order valence-corrected chi connectivity index (χ0v) is 10.6. The van der Waals surface area contributed by atoms with Crippen molar-refractivity contribution >= 4 is 11.9 Å². The van der Waals surface area contributed by atoms with Crippen LogP contribution in [0.3, 0.4) is 0 Å². The third kappa shape index (κ3) is 3.48. The number of hydrogen-bond acceptors (Lipinski definition) is 3. The van der Waals surface area contributed by atoms with Gasteiger partial charge in [0.2, 0.25) is 5.91 Å². The number of amides is 1. The van der Waals surface area contributed by atoms with E-state index in [9.17, 15) is 9.59 Å². The zero-order valence-electron chi connectivity index (χ0n) is 10.6. The number of ether oxygens (including phenoxy) is 1. The van der Waals surface area contributed by atoms with Crippen LogP contribution in [0, 0.1) is 0 Å². The van der Waals surface area contributed by atoms with Crippen molar-refractivity contribution in [1.29, 1.82) is 0 Å². The van der Waals surface area contributed by atoms with Gasteiger partial charge in [0, 0.05) is 0 Å². The Bertz CT molecular complexity index is 427. The van der Waals surface area contributed by atoms with Crippen LogP contribution in [0.1, 0.15) is 25.3 Å². The molecule has 0 aliphatic rings. The molecule has 0 saturated heterocycles. The number of carbonyl (C=O) groups is 2. The summed E-state index contributed by atoms with van der Waals surface area (Å²) in [5, 5.41) is 11.2. The van der Waals surface area contributed by atoms with Gasteiger partial charge in [-0.05, 0) is 31.5 Å². The van der Waals surface area contributed by atoms with E-state index in [-0.39, 0.29) is 5.91 Å². The van der Waals surface area contributed by atoms with Gasteiger partial charge in [0.1, 0.15) is 11.8 Å². The Hall–Kier alpha value is -2.04. The fourth-order valence-electron chi connectivity index (χ4n) is 1.44. The standard InChI is InChI=1S/C13H17NO4/c1-8(12(15)14-9(2)13(16)17)10-4-6-11(18-3)7-5-10/h4-9H,1-3H3,(H,14,15)(H,16,17). The molecule has 98 valence electrons.